The van der Waals surface area contributed by atoms with Crippen LogP contribution in [0.15, 0.2) is 12.1 Å². The molecule has 1 heterocycles. The molecule has 0 bridgehead atoms. The molecule has 1 aromatic carbocycles. The fourth-order valence-corrected chi connectivity index (χ4v) is 2.93. The number of benzene rings is 1. The first kappa shape index (κ1) is 17.0. The molecule has 19 heavy (non-hydrogen) atoms. The number of halogens is 4. The fourth-order valence-electron chi connectivity index (χ4n) is 2.49. The summed E-state index contributed by atoms with van der Waals surface area (Å²) >= 11 is 12.2. The Bertz CT molecular complexity index is 423. The van der Waals surface area contributed by atoms with Crippen LogP contribution >= 0.6 is 35.6 Å². The lowest BCUT2D eigenvalue weighted by Gasteiger charge is -2.35. The summed E-state index contributed by atoms with van der Waals surface area (Å²) in [5.74, 6) is -0.269. The van der Waals surface area contributed by atoms with E-state index in [9.17, 15) is 4.39 Å². The van der Waals surface area contributed by atoms with E-state index in [4.69, 9.17) is 23.2 Å². The molecular weight excluding hydrogens is 310 g/mol. The van der Waals surface area contributed by atoms with Crippen molar-refractivity contribution in [1.29, 1.82) is 0 Å². The largest absolute Gasteiger partial charge is 0.314 e. The Morgan fingerprint density at radius 3 is 2.53 bits per heavy atom. The summed E-state index contributed by atoms with van der Waals surface area (Å²) in [7, 11) is 0. The first-order chi connectivity index (χ1) is 8.65. The van der Waals surface area contributed by atoms with Crippen molar-refractivity contribution < 1.29 is 4.39 Å². The Morgan fingerprint density at radius 2 is 1.95 bits per heavy atom. The van der Waals surface area contributed by atoms with Gasteiger partial charge < -0.3 is 5.32 Å². The maximum absolute atomic E-state index is 14.0. The Labute approximate surface area is 129 Å². The molecular formula is C13H18Cl3FN2. The highest BCUT2D eigenvalue weighted by Gasteiger charge is 2.26. The smallest absolute Gasteiger partial charge is 0.129 e. The van der Waals surface area contributed by atoms with E-state index < -0.39 is 0 Å². The molecule has 0 spiro atoms. The lowest BCUT2D eigenvalue weighted by molar-refractivity contribution is 0.166. The van der Waals surface area contributed by atoms with E-state index in [-0.39, 0.29) is 24.3 Å². The zero-order chi connectivity index (χ0) is 13.1. The Morgan fingerprint density at radius 1 is 1.32 bits per heavy atom. The molecule has 108 valence electrons. The van der Waals surface area contributed by atoms with Gasteiger partial charge in [-0.15, -0.1) is 12.4 Å². The molecule has 1 aliphatic heterocycles. The van der Waals surface area contributed by atoms with Crippen molar-refractivity contribution >= 4 is 35.6 Å². The van der Waals surface area contributed by atoms with Gasteiger partial charge in [-0.25, -0.2) is 4.39 Å². The van der Waals surface area contributed by atoms with Crippen LogP contribution in [0.2, 0.25) is 10.0 Å². The van der Waals surface area contributed by atoms with Gasteiger partial charge in [0.25, 0.3) is 0 Å². The Balaban J connectivity index is 0.00000180. The van der Waals surface area contributed by atoms with Gasteiger partial charge in [-0.2, -0.15) is 0 Å². The van der Waals surface area contributed by atoms with Crippen molar-refractivity contribution in [2.75, 3.05) is 26.2 Å². The SMILES string of the molecule is CC[C@@H](c1c(F)ccc(Cl)c1Cl)N1CCNCC1.Cl. The zero-order valence-electron chi connectivity index (χ0n) is 10.8. The topological polar surface area (TPSA) is 15.3 Å². The third kappa shape index (κ3) is 3.73. The van der Waals surface area contributed by atoms with Crippen LogP contribution in [-0.4, -0.2) is 31.1 Å². The summed E-state index contributed by atoms with van der Waals surface area (Å²) in [6.45, 7) is 5.71. The zero-order valence-corrected chi connectivity index (χ0v) is 13.1. The van der Waals surface area contributed by atoms with Crippen molar-refractivity contribution in [2.45, 2.75) is 19.4 Å². The lowest BCUT2D eigenvalue weighted by Crippen LogP contribution is -2.45. The summed E-state index contributed by atoms with van der Waals surface area (Å²) < 4.78 is 14.0. The molecule has 0 saturated carbocycles. The fraction of sp³-hybridized carbons (Fsp3) is 0.538. The normalized spacial score (nSPS) is 17.9. The number of piperazine rings is 1. The predicted molar refractivity (Wildman–Crippen MR) is 81.1 cm³/mol. The average molecular weight is 328 g/mol. The van der Waals surface area contributed by atoms with Gasteiger partial charge in [0, 0.05) is 37.8 Å². The summed E-state index contributed by atoms with van der Waals surface area (Å²) in [5.41, 5.74) is 0.536. The molecule has 2 nitrogen and oxygen atoms in total. The van der Waals surface area contributed by atoms with E-state index >= 15 is 0 Å². The van der Waals surface area contributed by atoms with Crippen LogP contribution in [0.3, 0.4) is 0 Å². The van der Waals surface area contributed by atoms with Gasteiger partial charge >= 0.3 is 0 Å². The molecule has 0 aromatic heterocycles. The van der Waals surface area contributed by atoms with Crippen molar-refractivity contribution in [3.63, 3.8) is 0 Å². The van der Waals surface area contributed by atoms with Crippen molar-refractivity contribution in [1.82, 2.24) is 10.2 Å². The second kappa shape index (κ2) is 7.65. The minimum Gasteiger partial charge on any atom is -0.314 e. The maximum Gasteiger partial charge on any atom is 0.129 e. The van der Waals surface area contributed by atoms with Gasteiger partial charge in [0.2, 0.25) is 0 Å². The van der Waals surface area contributed by atoms with E-state index in [1.807, 2.05) is 6.92 Å². The molecule has 1 aliphatic rings. The Kier molecular flexibility index (Phi) is 6.84. The first-order valence-electron chi connectivity index (χ1n) is 6.23. The van der Waals surface area contributed by atoms with E-state index in [2.05, 4.69) is 10.2 Å². The summed E-state index contributed by atoms with van der Waals surface area (Å²) in [4.78, 5) is 2.26. The summed E-state index contributed by atoms with van der Waals surface area (Å²) in [6, 6.07) is 2.90. The van der Waals surface area contributed by atoms with Crippen LogP contribution in [0.4, 0.5) is 4.39 Å². The maximum atomic E-state index is 14.0. The summed E-state index contributed by atoms with van der Waals surface area (Å²) in [6.07, 6.45) is 0.816. The van der Waals surface area contributed by atoms with Gasteiger partial charge in [0.05, 0.1) is 10.0 Å². The second-order valence-corrected chi connectivity index (χ2v) is 5.25. The highest BCUT2D eigenvalue weighted by molar-refractivity contribution is 6.42. The number of hydrogen-bond donors (Lipinski definition) is 1. The molecule has 0 aliphatic carbocycles. The van der Waals surface area contributed by atoms with Gasteiger partial charge in [0.1, 0.15) is 5.82 Å². The number of nitrogens with one attached hydrogen (secondary N) is 1. The molecule has 1 N–H and O–H groups in total. The molecule has 0 radical (unpaired) electrons. The standard InChI is InChI=1S/C13H17Cl2FN2.ClH/c1-2-11(18-7-5-17-6-8-18)12-10(16)4-3-9(14)13(12)15;/h3-4,11,17H,2,5-8H2,1H3;1H/t11-;/m0./s1. The molecule has 2 rings (SSSR count). The van der Waals surface area contributed by atoms with Crippen LogP contribution in [0.5, 0.6) is 0 Å². The molecule has 6 heteroatoms. The number of hydrogen-bond acceptors (Lipinski definition) is 2. The molecule has 1 fully saturated rings. The third-order valence-electron chi connectivity index (χ3n) is 3.39. The Hall–Kier alpha value is -0.0600. The lowest BCUT2D eigenvalue weighted by atomic mass is 10.0. The highest BCUT2D eigenvalue weighted by Crippen LogP contribution is 2.36. The van der Waals surface area contributed by atoms with Crippen LogP contribution < -0.4 is 5.32 Å². The van der Waals surface area contributed by atoms with Gasteiger partial charge in [-0.05, 0) is 18.6 Å². The van der Waals surface area contributed by atoms with E-state index in [0.29, 0.717) is 15.6 Å². The van der Waals surface area contributed by atoms with Crippen molar-refractivity contribution in [2.24, 2.45) is 0 Å². The van der Waals surface area contributed by atoms with Crippen LogP contribution in [0, 0.1) is 5.82 Å². The molecule has 0 unspecified atom stereocenters. The van der Waals surface area contributed by atoms with Gasteiger partial charge in [-0.1, -0.05) is 30.1 Å². The predicted octanol–water partition coefficient (Wildman–Crippen LogP) is 3.91. The van der Waals surface area contributed by atoms with Crippen LogP contribution in [0.25, 0.3) is 0 Å². The molecule has 1 aromatic rings. The van der Waals surface area contributed by atoms with Gasteiger partial charge in [-0.3, -0.25) is 4.90 Å². The van der Waals surface area contributed by atoms with Crippen LogP contribution in [-0.2, 0) is 0 Å². The van der Waals surface area contributed by atoms with Gasteiger partial charge in [0.15, 0.2) is 0 Å². The highest BCUT2D eigenvalue weighted by atomic mass is 35.5. The monoisotopic (exact) mass is 326 g/mol. The quantitative estimate of drug-likeness (QED) is 0.847. The number of rotatable bonds is 3. The minimum atomic E-state index is -0.269. The summed E-state index contributed by atoms with van der Waals surface area (Å²) in [5, 5.41) is 4.06. The number of nitrogens with zero attached hydrogens (tertiary/aromatic N) is 1. The van der Waals surface area contributed by atoms with Crippen molar-refractivity contribution in [3.8, 4) is 0 Å². The minimum absolute atomic E-state index is 0. The molecule has 1 atom stereocenters. The second-order valence-electron chi connectivity index (χ2n) is 4.47. The van der Waals surface area contributed by atoms with Crippen molar-refractivity contribution in [3.05, 3.63) is 33.6 Å². The van der Waals surface area contributed by atoms with E-state index in [1.54, 1.807) is 0 Å². The first-order valence-corrected chi connectivity index (χ1v) is 6.99. The van der Waals surface area contributed by atoms with Crippen LogP contribution in [0.1, 0.15) is 24.9 Å². The van der Waals surface area contributed by atoms with E-state index in [1.165, 1.54) is 12.1 Å². The average Bonchev–Trinajstić information content (AvgIpc) is 2.40. The van der Waals surface area contributed by atoms with E-state index in [0.717, 1.165) is 32.6 Å². The molecule has 0 amide bonds. The molecule has 1 saturated heterocycles. The third-order valence-corrected chi connectivity index (χ3v) is 4.21.